The zero-order chi connectivity index (χ0) is 10.8. The first-order valence-corrected chi connectivity index (χ1v) is 4.89. The monoisotopic (exact) mass is 204 g/mol. The Morgan fingerprint density at radius 1 is 1.07 bits per heavy atom. The normalized spacial score (nSPS) is 16.1. The van der Waals surface area contributed by atoms with Gasteiger partial charge in [-0.2, -0.15) is 0 Å². The van der Waals surface area contributed by atoms with E-state index in [1.54, 1.807) is 24.3 Å². The van der Waals surface area contributed by atoms with Crippen LogP contribution in [-0.2, 0) is 11.2 Å². The molecule has 1 aliphatic rings. The number of aromatic hydroxyl groups is 1. The van der Waals surface area contributed by atoms with E-state index in [1.165, 1.54) is 0 Å². The van der Waals surface area contributed by atoms with Gasteiger partial charge in [0.2, 0.25) is 0 Å². The molecule has 2 rings (SSSR count). The Hall–Kier alpha value is -1.77. The second-order valence-corrected chi connectivity index (χ2v) is 3.69. The number of phenols is 1. The number of aliphatic hydroxyl groups excluding tert-OH is 1. The molecule has 0 heterocycles. The van der Waals surface area contributed by atoms with Gasteiger partial charge in [0.25, 0.3) is 0 Å². The van der Waals surface area contributed by atoms with E-state index in [4.69, 9.17) is 5.11 Å². The van der Waals surface area contributed by atoms with Crippen LogP contribution in [0.2, 0.25) is 0 Å². The second kappa shape index (κ2) is 3.77. The molecule has 0 spiro atoms. The minimum Gasteiger partial charge on any atom is -0.512 e. The molecule has 0 aliphatic heterocycles. The fourth-order valence-electron chi connectivity index (χ4n) is 1.71. The van der Waals surface area contributed by atoms with Gasteiger partial charge in [-0.3, -0.25) is 4.79 Å². The lowest BCUT2D eigenvalue weighted by Gasteiger charge is -2.02. The van der Waals surface area contributed by atoms with Gasteiger partial charge in [0.15, 0.2) is 5.78 Å². The Morgan fingerprint density at radius 3 is 2.27 bits per heavy atom. The maximum absolute atomic E-state index is 11.4. The van der Waals surface area contributed by atoms with Gasteiger partial charge in [-0.05, 0) is 17.7 Å². The average molecular weight is 204 g/mol. The fourth-order valence-corrected chi connectivity index (χ4v) is 1.71. The standard InChI is InChI=1S/C12H12O3/c13-9-3-1-8(2-4-9)7-10-11(14)5-6-12(10)15/h1-4,13-14H,5-7H2. The summed E-state index contributed by atoms with van der Waals surface area (Å²) in [6.07, 6.45) is 1.33. The van der Waals surface area contributed by atoms with E-state index in [-0.39, 0.29) is 17.3 Å². The van der Waals surface area contributed by atoms with Gasteiger partial charge in [0, 0.05) is 24.8 Å². The summed E-state index contributed by atoms with van der Waals surface area (Å²) in [5.74, 6) is 0.448. The largest absolute Gasteiger partial charge is 0.512 e. The number of benzene rings is 1. The Morgan fingerprint density at radius 2 is 1.73 bits per heavy atom. The van der Waals surface area contributed by atoms with E-state index in [1.807, 2.05) is 0 Å². The molecule has 0 fully saturated rings. The molecular formula is C12H12O3. The van der Waals surface area contributed by atoms with Gasteiger partial charge in [-0.15, -0.1) is 0 Å². The summed E-state index contributed by atoms with van der Waals surface area (Å²) < 4.78 is 0. The molecule has 1 aromatic carbocycles. The maximum Gasteiger partial charge on any atom is 0.162 e. The van der Waals surface area contributed by atoms with E-state index >= 15 is 0 Å². The molecule has 78 valence electrons. The van der Waals surface area contributed by atoms with Crippen molar-refractivity contribution >= 4 is 5.78 Å². The summed E-state index contributed by atoms with van der Waals surface area (Å²) in [6, 6.07) is 6.65. The Labute approximate surface area is 87.7 Å². The minimum absolute atomic E-state index is 0.0283. The van der Waals surface area contributed by atoms with Crippen molar-refractivity contribution in [2.45, 2.75) is 19.3 Å². The molecule has 1 aliphatic carbocycles. The fraction of sp³-hybridized carbons (Fsp3) is 0.250. The lowest BCUT2D eigenvalue weighted by molar-refractivity contribution is -0.115. The smallest absolute Gasteiger partial charge is 0.162 e. The summed E-state index contributed by atoms with van der Waals surface area (Å²) in [4.78, 5) is 11.4. The molecule has 0 saturated heterocycles. The molecule has 0 amide bonds. The number of carbonyl (C=O) groups excluding carboxylic acids is 1. The van der Waals surface area contributed by atoms with Crippen molar-refractivity contribution in [1.82, 2.24) is 0 Å². The Bertz CT molecular complexity index is 415. The zero-order valence-electron chi connectivity index (χ0n) is 8.23. The second-order valence-electron chi connectivity index (χ2n) is 3.69. The van der Waals surface area contributed by atoms with Gasteiger partial charge in [0.05, 0.1) is 5.76 Å². The highest BCUT2D eigenvalue weighted by Gasteiger charge is 2.22. The Balaban J connectivity index is 2.19. The predicted octanol–water partition coefficient (Wildman–Crippen LogP) is 2.11. The van der Waals surface area contributed by atoms with E-state index in [0.717, 1.165) is 5.56 Å². The number of Topliss-reactive ketones (excluding diaryl/α,β-unsaturated/α-hetero) is 1. The third-order valence-electron chi connectivity index (χ3n) is 2.59. The highest BCUT2D eigenvalue weighted by molar-refractivity contribution is 5.98. The molecule has 0 radical (unpaired) electrons. The van der Waals surface area contributed by atoms with Gasteiger partial charge >= 0.3 is 0 Å². The van der Waals surface area contributed by atoms with Crippen molar-refractivity contribution in [2.75, 3.05) is 0 Å². The molecule has 3 nitrogen and oxygen atoms in total. The van der Waals surface area contributed by atoms with Crippen molar-refractivity contribution in [3.05, 3.63) is 41.2 Å². The van der Waals surface area contributed by atoms with Crippen LogP contribution < -0.4 is 0 Å². The SMILES string of the molecule is O=C1CCC(O)=C1Cc1ccc(O)cc1. The van der Waals surface area contributed by atoms with Crippen LogP contribution in [0.15, 0.2) is 35.6 Å². The number of hydrogen-bond donors (Lipinski definition) is 2. The molecule has 0 atom stereocenters. The first-order valence-electron chi connectivity index (χ1n) is 4.89. The first kappa shape index (κ1) is 9.77. The van der Waals surface area contributed by atoms with Gasteiger partial charge in [0.1, 0.15) is 5.75 Å². The molecule has 15 heavy (non-hydrogen) atoms. The molecule has 2 N–H and O–H groups in total. The average Bonchev–Trinajstić information content (AvgIpc) is 2.53. The molecular weight excluding hydrogens is 192 g/mol. The topological polar surface area (TPSA) is 57.5 Å². The molecule has 0 unspecified atom stereocenters. The predicted molar refractivity (Wildman–Crippen MR) is 55.7 cm³/mol. The van der Waals surface area contributed by atoms with E-state index < -0.39 is 0 Å². The van der Waals surface area contributed by atoms with E-state index in [0.29, 0.717) is 24.8 Å². The summed E-state index contributed by atoms with van der Waals surface area (Å²) >= 11 is 0. The van der Waals surface area contributed by atoms with Crippen LogP contribution in [0.3, 0.4) is 0 Å². The van der Waals surface area contributed by atoms with Crippen LogP contribution in [0.25, 0.3) is 0 Å². The van der Waals surface area contributed by atoms with Gasteiger partial charge in [-0.25, -0.2) is 0 Å². The number of aliphatic hydroxyl groups is 1. The van der Waals surface area contributed by atoms with E-state index in [9.17, 15) is 9.90 Å². The van der Waals surface area contributed by atoms with Crippen molar-refractivity contribution in [3.63, 3.8) is 0 Å². The summed E-state index contributed by atoms with van der Waals surface area (Å²) in [5.41, 5.74) is 1.44. The quantitative estimate of drug-likeness (QED) is 0.775. The molecule has 0 bridgehead atoms. The van der Waals surface area contributed by atoms with Gasteiger partial charge < -0.3 is 10.2 Å². The molecule has 1 aromatic rings. The number of rotatable bonds is 2. The highest BCUT2D eigenvalue weighted by atomic mass is 16.3. The molecule has 0 saturated carbocycles. The lowest BCUT2D eigenvalue weighted by atomic mass is 10.0. The van der Waals surface area contributed by atoms with Crippen molar-refractivity contribution in [1.29, 1.82) is 0 Å². The third kappa shape index (κ3) is 2.01. The number of hydrogen-bond acceptors (Lipinski definition) is 3. The molecule has 0 aromatic heterocycles. The van der Waals surface area contributed by atoms with Crippen LogP contribution in [0.4, 0.5) is 0 Å². The van der Waals surface area contributed by atoms with Crippen molar-refractivity contribution in [2.24, 2.45) is 0 Å². The van der Waals surface area contributed by atoms with Gasteiger partial charge in [-0.1, -0.05) is 12.1 Å². The summed E-state index contributed by atoms with van der Waals surface area (Å²) in [5, 5.41) is 18.6. The number of phenolic OH excluding ortho intramolecular Hbond substituents is 1. The Kier molecular flexibility index (Phi) is 2.46. The van der Waals surface area contributed by atoms with Crippen LogP contribution >= 0.6 is 0 Å². The van der Waals surface area contributed by atoms with Crippen molar-refractivity contribution in [3.8, 4) is 5.75 Å². The van der Waals surface area contributed by atoms with Crippen LogP contribution in [0.5, 0.6) is 5.75 Å². The third-order valence-corrected chi connectivity index (χ3v) is 2.59. The molecule has 3 heteroatoms. The zero-order valence-corrected chi connectivity index (χ0v) is 8.23. The summed E-state index contributed by atoms with van der Waals surface area (Å²) in [7, 11) is 0. The van der Waals surface area contributed by atoms with Crippen molar-refractivity contribution < 1.29 is 15.0 Å². The number of allylic oxidation sites excluding steroid dienone is 2. The van der Waals surface area contributed by atoms with E-state index in [2.05, 4.69) is 0 Å². The van der Waals surface area contributed by atoms with Crippen LogP contribution in [-0.4, -0.2) is 16.0 Å². The lowest BCUT2D eigenvalue weighted by Crippen LogP contribution is -2.00. The maximum atomic E-state index is 11.4. The number of carbonyl (C=O) groups is 1. The first-order chi connectivity index (χ1) is 7.16. The number of ketones is 1. The minimum atomic E-state index is 0.0283. The highest BCUT2D eigenvalue weighted by Crippen LogP contribution is 2.24. The van der Waals surface area contributed by atoms with Crippen LogP contribution in [0.1, 0.15) is 18.4 Å². The summed E-state index contributed by atoms with van der Waals surface area (Å²) in [6.45, 7) is 0. The van der Waals surface area contributed by atoms with Crippen LogP contribution in [0, 0.1) is 0 Å².